The molecule has 0 aliphatic heterocycles. The number of hydrogen-bond acceptors (Lipinski definition) is 3. The Bertz CT molecular complexity index is 376. The van der Waals surface area contributed by atoms with E-state index in [1.807, 2.05) is 24.3 Å². The maximum atomic E-state index is 11.1. The molecule has 1 aromatic carbocycles. The Kier molecular flexibility index (Phi) is 4.88. The van der Waals surface area contributed by atoms with E-state index in [2.05, 4.69) is 5.32 Å². The summed E-state index contributed by atoms with van der Waals surface area (Å²) in [5.74, 6) is -0.138. The first-order valence-electron chi connectivity index (χ1n) is 4.78. The third kappa shape index (κ3) is 3.96. The van der Waals surface area contributed by atoms with Crippen LogP contribution in [-0.2, 0) is 16.1 Å². The van der Waals surface area contributed by atoms with Gasteiger partial charge in [-0.25, -0.2) is 0 Å². The molecule has 0 saturated carbocycles. The van der Waals surface area contributed by atoms with Gasteiger partial charge in [-0.05, 0) is 5.56 Å². The van der Waals surface area contributed by atoms with E-state index in [0.29, 0.717) is 11.5 Å². The molecule has 4 nitrogen and oxygen atoms in total. The highest BCUT2D eigenvalue weighted by Gasteiger charge is 2.00. The number of carbonyl (C=O) groups is 1. The van der Waals surface area contributed by atoms with Crippen LogP contribution in [0.5, 0.6) is 0 Å². The molecule has 0 fully saturated rings. The lowest BCUT2D eigenvalue weighted by Gasteiger charge is -2.05. The van der Waals surface area contributed by atoms with Gasteiger partial charge in [-0.15, -0.1) is 0 Å². The quantitative estimate of drug-likeness (QED) is 0.737. The fraction of sp³-hybridized carbons (Fsp3) is 0.273. The summed E-state index contributed by atoms with van der Waals surface area (Å²) in [6, 6.07) is 7.42. The van der Waals surface area contributed by atoms with Gasteiger partial charge in [0.2, 0.25) is 5.91 Å². The van der Waals surface area contributed by atoms with Crippen LogP contribution in [0, 0.1) is 0 Å². The van der Waals surface area contributed by atoms with E-state index in [1.54, 1.807) is 0 Å². The topological polar surface area (TPSA) is 64.3 Å². The van der Waals surface area contributed by atoms with Gasteiger partial charge in [-0.2, -0.15) is 0 Å². The summed E-state index contributed by atoms with van der Waals surface area (Å²) in [4.78, 5) is 11.5. The molecule has 0 unspecified atom stereocenters. The van der Waals surface area contributed by atoms with Crippen molar-refractivity contribution in [2.45, 2.75) is 6.54 Å². The number of rotatable bonds is 5. The van der Waals surface area contributed by atoms with Crippen LogP contribution in [0.3, 0.4) is 0 Å². The Hall–Kier alpha value is -1.46. The van der Waals surface area contributed by atoms with Crippen LogP contribution in [0.4, 0.5) is 0 Å². The van der Waals surface area contributed by atoms with E-state index in [4.69, 9.17) is 22.7 Å². The van der Waals surface area contributed by atoms with Crippen LogP contribution in [0.25, 0.3) is 0 Å². The first-order valence-corrected chi connectivity index (χ1v) is 5.18. The number of amides is 1. The number of nitrogens with two attached hydrogens (primary N) is 1. The molecule has 0 spiro atoms. The average Bonchev–Trinajstić information content (AvgIpc) is 2.27. The maximum Gasteiger partial charge on any atom is 0.246 e. The minimum absolute atomic E-state index is 0.0744. The van der Waals surface area contributed by atoms with Crippen LogP contribution in [-0.4, -0.2) is 24.6 Å². The number of nitrogens with one attached hydrogen (secondary N) is 1. The predicted molar refractivity (Wildman–Crippen MR) is 66.1 cm³/mol. The van der Waals surface area contributed by atoms with Crippen molar-refractivity contribution in [3.8, 4) is 0 Å². The lowest BCUT2D eigenvalue weighted by Crippen LogP contribution is -2.26. The van der Waals surface area contributed by atoms with Gasteiger partial charge in [-0.3, -0.25) is 4.79 Å². The molecule has 1 aromatic rings. The highest BCUT2D eigenvalue weighted by atomic mass is 32.1. The lowest BCUT2D eigenvalue weighted by atomic mass is 10.1. The Balaban J connectivity index is 2.49. The molecule has 16 heavy (non-hydrogen) atoms. The Labute approximate surface area is 99.8 Å². The molecule has 0 saturated heterocycles. The number of benzene rings is 1. The van der Waals surface area contributed by atoms with Crippen molar-refractivity contribution in [1.29, 1.82) is 0 Å². The third-order valence-electron chi connectivity index (χ3n) is 2.00. The highest BCUT2D eigenvalue weighted by Crippen LogP contribution is 2.03. The van der Waals surface area contributed by atoms with Gasteiger partial charge >= 0.3 is 0 Å². The van der Waals surface area contributed by atoms with Crippen molar-refractivity contribution in [1.82, 2.24) is 5.32 Å². The van der Waals surface area contributed by atoms with Gasteiger partial charge < -0.3 is 15.8 Å². The van der Waals surface area contributed by atoms with Crippen molar-refractivity contribution in [3.05, 3.63) is 35.4 Å². The van der Waals surface area contributed by atoms with Crippen molar-refractivity contribution < 1.29 is 9.53 Å². The van der Waals surface area contributed by atoms with Crippen LogP contribution in [0.1, 0.15) is 11.1 Å². The second-order valence-electron chi connectivity index (χ2n) is 3.27. The van der Waals surface area contributed by atoms with Gasteiger partial charge in [0.15, 0.2) is 0 Å². The number of carbonyl (C=O) groups excluding carboxylic acids is 1. The van der Waals surface area contributed by atoms with Gasteiger partial charge in [0, 0.05) is 19.2 Å². The first kappa shape index (κ1) is 12.6. The molecule has 1 rings (SSSR count). The molecule has 0 aliphatic carbocycles. The smallest absolute Gasteiger partial charge is 0.246 e. The molecule has 3 N–H and O–H groups in total. The molecule has 0 aromatic heterocycles. The van der Waals surface area contributed by atoms with Crippen LogP contribution in [0.15, 0.2) is 24.3 Å². The largest absolute Gasteiger partial charge is 0.389 e. The molecule has 0 radical (unpaired) electrons. The van der Waals surface area contributed by atoms with Crippen LogP contribution < -0.4 is 11.1 Å². The van der Waals surface area contributed by atoms with E-state index in [-0.39, 0.29) is 12.5 Å². The number of methoxy groups -OCH3 is 1. The molecule has 0 atom stereocenters. The Morgan fingerprint density at radius 2 is 2.06 bits per heavy atom. The summed E-state index contributed by atoms with van der Waals surface area (Å²) in [5.41, 5.74) is 7.28. The zero-order valence-corrected chi connectivity index (χ0v) is 9.84. The minimum atomic E-state index is -0.138. The molecule has 0 heterocycles. The monoisotopic (exact) mass is 238 g/mol. The fourth-order valence-electron chi connectivity index (χ4n) is 1.17. The molecule has 1 amide bonds. The molecule has 86 valence electrons. The Morgan fingerprint density at radius 3 is 2.56 bits per heavy atom. The summed E-state index contributed by atoms with van der Waals surface area (Å²) in [5, 5.41) is 2.72. The molecular weight excluding hydrogens is 224 g/mol. The summed E-state index contributed by atoms with van der Waals surface area (Å²) in [6.45, 7) is 0.546. The van der Waals surface area contributed by atoms with Gasteiger partial charge in [0.1, 0.15) is 11.6 Å². The SMILES string of the molecule is COCC(=O)NCc1ccc(C(N)=S)cc1. The van der Waals surface area contributed by atoms with E-state index in [0.717, 1.165) is 11.1 Å². The third-order valence-corrected chi connectivity index (χ3v) is 2.24. The number of thiocarbonyl (C=S) groups is 1. The van der Waals surface area contributed by atoms with E-state index in [9.17, 15) is 4.79 Å². The van der Waals surface area contributed by atoms with E-state index >= 15 is 0 Å². The van der Waals surface area contributed by atoms with Gasteiger partial charge in [-0.1, -0.05) is 36.5 Å². The maximum absolute atomic E-state index is 11.1. The summed E-state index contributed by atoms with van der Waals surface area (Å²) in [7, 11) is 1.48. The van der Waals surface area contributed by atoms with Crippen molar-refractivity contribution >= 4 is 23.1 Å². The van der Waals surface area contributed by atoms with Gasteiger partial charge in [0.05, 0.1) is 0 Å². The molecule has 5 heteroatoms. The molecule has 0 aliphatic rings. The molecule has 0 bridgehead atoms. The zero-order valence-electron chi connectivity index (χ0n) is 9.03. The highest BCUT2D eigenvalue weighted by molar-refractivity contribution is 7.80. The number of hydrogen-bond donors (Lipinski definition) is 2. The second kappa shape index (κ2) is 6.19. The standard InChI is InChI=1S/C11H14N2O2S/c1-15-7-10(14)13-6-8-2-4-9(5-3-8)11(12)16/h2-5H,6-7H2,1H3,(H2,12,16)(H,13,14). The van der Waals surface area contributed by atoms with Crippen molar-refractivity contribution in [2.75, 3.05) is 13.7 Å². The number of ether oxygens (including phenoxy) is 1. The summed E-state index contributed by atoms with van der Waals surface area (Å²) in [6.07, 6.45) is 0. The van der Waals surface area contributed by atoms with Crippen molar-refractivity contribution in [2.24, 2.45) is 5.73 Å². The molecular formula is C11H14N2O2S. The van der Waals surface area contributed by atoms with Crippen molar-refractivity contribution in [3.63, 3.8) is 0 Å². The van der Waals surface area contributed by atoms with Crippen LogP contribution in [0.2, 0.25) is 0 Å². The van der Waals surface area contributed by atoms with Crippen LogP contribution >= 0.6 is 12.2 Å². The fourth-order valence-corrected chi connectivity index (χ4v) is 1.31. The van der Waals surface area contributed by atoms with E-state index in [1.165, 1.54) is 7.11 Å². The second-order valence-corrected chi connectivity index (χ2v) is 3.71. The zero-order chi connectivity index (χ0) is 12.0. The first-order chi connectivity index (χ1) is 7.63. The lowest BCUT2D eigenvalue weighted by molar-refractivity contribution is -0.124. The summed E-state index contributed by atoms with van der Waals surface area (Å²) < 4.78 is 4.70. The van der Waals surface area contributed by atoms with Gasteiger partial charge in [0.25, 0.3) is 0 Å². The normalized spacial score (nSPS) is 9.81. The summed E-state index contributed by atoms with van der Waals surface area (Å²) >= 11 is 4.84. The van der Waals surface area contributed by atoms with E-state index < -0.39 is 0 Å². The minimum Gasteiger partial charge on any atom is -0.389 e. The average molecular weight is 238 g/mol. The Morgan fingerprint density at radius 1 is 1.44 bits per heavy atom. The predicted octanol–water partition coefficient (Wildman–Crippen LogP) is 0.583.